The van der Waals surface area contributed by atoms with E-state index in [1.807, 2.05) is 54.6 Å². The second kappa shape index (κ2) is 4.57. The van der Waals surface area contributed by atoms with Gasteiger partial charge in [0.2, 0.25) is 0 Å². The standard InChI is InChI=1S/C18H15NO2/c20-16-10-12-4-1-2-6-14(12)17(16)19-18(21)15-9-8-11-5-3-7-13(11)15/h1-9,16-17,20H,10H2,(H,19,21)/t16-,17-/m0/s1. The van der Waals surface area contributed by atoms with Gasteiger partial charge >= 0.3 is 0 Å². The number of carbonyl (C=O) groups excluding carboxylic acids is 1. The van der Waals surface area contributed by atoms with Gasteiger partial charge in [0.25, 0.3) is 5.91 Å². The predicted molar refractivity (Wildman–Crippen MR) is 80.4 cm³/mol. The number of aliphatic hydroxyl groups excluding tert-OH is 1. The van der Waals surface area contributed by atoms with Crippen LogP contribution in [0.3, 0.4) is 0 Å². The number of hydrogen-bond donors (Lipinski definition) is 2. The number of allylic oxidation sites excluding steroid dienone is 6. The highest BCUT2D eigenvalue weighted by Gasteiger charge is 2.33. The quantitative estimate of drug-likeness (QED) is 0.870. The van der Waals surface area contributed by atoms with Gasteiger partial charge in [0.05, 0.1) is 12.1 Å². The molecule has 0 radical (unpaired) electrons. The van der Waals surface area contributed by atoms with Crippen molar-refractivity contribution in [3.63, 3.8) is 0 Å². The van der Waals surface area contributed by atoms with E-state index in [1.165, 1.54) is 0 Å². The Bertz CT molecular complexity index is 752. The molecule has 4 rings (SSSR count). The Balaban J connectivity index is 1.56. The minimum absolute atomic E-state index is 0.128. The molecule has 0 unspecified atom stereocenters. The van der Waals surface area contributed by atoms with E-state index in [2.05, 4.69) is 5.32 Å². The molecule has 0 aliphatic heterocycles. The van der Waals surface area contributed by atoms with E-state index in [-0.39, 0.29) is 11.9 Å². The van der Waals surface area contributed by atoms with Crippen molar-refractivity contribution in [3.8, 4) is 0 Å². The fourth-order valence-electron chi connectivity index (χ4n) is 3.25. The number of aliphatic hydroxyl groups is 1. The third kappa shape index (κ3) is 1.89. The highest BCUT2D eigenvalue weighted by molar-refractivity contribution is 6.02. The molecule has 3 aliphatic carbocycles. The van der Waals surface area contributed by atoms with Crippen molar-refractivity contribution in [2.24, 2.45) is 0 Å². The Morgan fingerprint density at radius 1 is 1.19 bits per heavy atom. The van der Waals surface area contributed by atoms with Gasteiger partial charge in [-0.05, 0) is 28.3 Å². The van der Waals surface area contributed by atoms with Gasteiger partial charge in [-0.2, -0.15) is 0 Å². The average molecular weight is 277 g/mol. The number of amides is 1. The number of carbonyl (C=O) groups is 1. The summed E-state index contributed by atoms with van der Waals surface area (Å²) in [6.07, 6.45) is 9.71. The van der Waals surface area contributed by atoms with Crippen LogP contribution in [-0.2, 0) is 11.2 Å². The molecule has 0 fully saturated rings. The lowest BCUT2D eigenvalue weighted by molar-refractivity contribution is -0.118. The Hall–Kier alpha value is -2.39. The molecule has 104 valence electrons. The van der Waals surface area contributed by atoms with E-state index < -0.39 is 6.10 Å². The van der Waals surface area contributed by atoms with Crippen LogP contribution in [0.5, 0.6) is 0 Å². The van der Waals surface area contributed by atoms with Crippen LogP contribution in [0.1, 0.15) is 17.2 Å². The molecule has 0 aromatic heterocycles. The fourth-order valence-corrected chi connectivity index (χ4v) is 3.25. The zero-order valence-corrected chi connectivity index (χ0v) is 11.4. The smallest absolute Gasteiger partial charge is 0.252 e. The van der Waals surface area contributed by atoms with Gasteiger partial charge in [0.15, 0.2) is 0 Å². The zero-order chi connectivity index (χ0) is 14.4. The van der Waals surface area contributed by atoms with Crippen LogP contribution >= 0.6 is 0 Å². The molecule has 3 heteroatoms. The number of benzene rings is 1. The van der Waals surface area contributed by atoms with E-state index in [1.54, 1.807) is 0 Å². The molecule has 0 bridgehead atoms. The average Bonchev–Trinajstić information content (AvgIpc) is 3.14. The normalized spacial score (nSPS) is 25.1. The first-order valence-corrected chi connectivity index (χ1v) is 7.12. The van der Waals surface area contributed by atoms with Gasteiger partial charge in [0, 0.05) is 12.0 Å². The van der Waals surface area contributed by atoms with E-state index in [0.717, 1.165) is 22.3 Å². The summed E-state index contributed by atoms with van der Waals surface area (Å²) in [5, 5.41) is 13.2. The highest BCUT2D eigenvalue weighted by atomic mass is 16.3. The molecule has 1 aromatic carbocycles. The third-order valence-corrected chi connectivity index (χ3v) is 4.30. The van der Waals surface area contributed by atoms with Crippen molar-refractivity contribution in [2.75, 3.05) is 0 Å². The molecular formula is C18H15NO2. The van der Waals surface area contributed by atoms with Crippen LogP contribution in [0.25, 0.3) is 0 Å². The molecule has 2 atom stereocenters. The summed E-state index contributed by atoms with van der Waals surface area (Å²) in [5.74, 6) is -0.128. The second-order valence-electron chi connectivity index (χ2n) is 5.56. The molecule has 1 amide bonds. The fraction of sp³-hybridized carbons (Fsp3) is 0.167. The Labute approximate surface area is 123 Å². The maximum Gasteiger partial charge on any atom is 0.252 e. The van der Waals surface area contributed by atoms with Gasteiger partial charge in [-0.3, -0.25) is 4.79 Å². The Kier molecular flexibility index (Phi) is 2.69. The van der Waals surface area contributed by atoms with Crippen molar-refractivity contribution >= 4 is 5.91 Å². The number of fused-ring (bicyclic) bond motifs is 2. The lowest BCUT2D eigenvalue weighted by Crippen LogP contribution is -2.34. The molecule has 3 aliphatic rings. The molecule has 2 N–H and O–H groups in total. The second-order valence-corrected chi connectivity index (χ2v) is 5.56. The van der Waals surface area contributed by atoms with Crippen molar-refractivity contribution in [2.45, 2.75) is 18.6 Å². The van der Waals surface area contributed by atoms with E-state index in [0.29, 0.717) is 12.0 Å². The first-order valence-electron chi connectivity index (χ1n) is 7.12. The van der Waals surface area contributed by atoms with Crippen molar-refractivity contribution in [1.29, 1.82) is 0 Å². The van der Waals surface area contributed by atoms with Crippen molar-refractivity contribution < 1.29 is 9.90 Å². The van der Waals surface area contributed by atoms with Crippen molar-refractivity contribution in [3.05, 3.63) is 82.5 Å². The maximum atomic E-state index is 12.5. The van der Waals surface area contributed by atoms with Crippen LogP contribution in [0.15, 0.2) is 71.4 Å². The molecule has 0 saturated heterocycles. The van der Waals surface area contributed by atoms with Crippen LogP contribution < -0.4 is 5.32 Å². The van der Waals surface area contributed by atoms with Crippen LogP contribution in [0.4, 0.5) is 0 Å². The lowest BCUT2D eigenvalue weighted by atomic mass is 10.0. The molecule has 0 saturated carbocycles. The first-order chi connectivity index (χ1) is 10.2. The SMILES string of the molecule is O=C(N[C@H]1c2ccccc2C[C@@H]1O)C1=CC=C2C=CC=C21. The molecule has 3 nitrogen and oxygen atoms in total. The molecular weight excluding hydrogens is 262 g/mol. The largest absolute Gasteiger partial charge is 0.390 e. The summed E-state index contributed by atoms with van der Waals surface area (Å²) in [6, 6.07) is 7.55. The van der Waals surface area contributed by atoms with E-state index in [4.69, 9.17) is 0 Å². The minimum atomic E-state index is -0.559. The summed E-state index contributed by atoms with van der Waals surface area (Å²) >= 11 is 0. The summed E-state index contributed by atoms with van der Waals surface area (Å²) in [5.41, 5.74) is 4.84. The van der Waals surface area contributed by atoms with Gasteiger partial charge in [-0.15, -0.1) is 0 Å². The van der Waals surface area contributed by atoms with Crippen LogP contribution in [0.2, 0.25) is 0 Å². The van der Waals surface area contributed by atoms with Crippen LogP contribution in [-0.4, -0.2) is 17.1 Å². The monoisotopic (exact) mass is 277 g/mol. The number of nitrogens with one attached hydrogen (secondary N) is 1. The van der Waals surface area contributed by atoms with Gasteiger partial charge in [-0.25, -0.2) is 0 Å². The Morgan fingerprint density at radius 2 is 2.05 bits per heavy atom. The van der Waals surface area contributed by atoms with Gasteiger partial charge in [-0.1, -0.05) is 48.6 Å². The minimum Gasteiger partial charge on any atom is -0.390 e. The summed E-state index contributed by atoms with van der Waals surface area (Å²) < 4.78 is 0. The lowest BCUT2D eigenvalue weighted by Gasteiger charge is -2.18. The summed E-state index contributed by atoms with van der Waals surface area (Å²) in [7, 11) is 0. The summed E-state index contributed by atoms with van der Waals surface area (Å²) in [4.78, 5) is 12.5. The topological polar surface area (TPSA) is 49.3 Å². The molecule has 0 spiro atoms. The summed E-state index contributed by atoms with van der Waals surface area (Å²) in [6.45, 7) is 0. The first kappa shape index (κ1) is 12.4. The third-order valence-electron chi connectivity index (χ3n) is 4.30. The van der Waals surface area contributed by atoms with Gasteiger partial charge < -0.3 is 10.4 Å². The van der Waals surface area contributed by atoms with E-state index >= 15 is 0 Å². The molecule has 21 heavy (non-hydrogen) atoms. The van der Waals surface area contributed by atoms with E-state index in [9.17, 15) is 9.90 Å². The van der Waals surface area contributed by atoms with Crippen molar-refractivity contribution in [1.82, 2.24) is 5.32 Å². The highest BCUT2D eigenvalue weighted by Crippen LogP contribution is 2.34. The van der Waals surface area contributed by atoms with Crippen LogP contribution in [0, 0.1) is 0 Å². The molecule has 0 heterocycles. The number of hydrogen-bond acceptors (Lipinski definition) is 2. The predicted octanol–water partition coefficient (Wildman–Crippen LogP) is 2.12. The maximum absolute atomic E-state index is 12.5. The molecule has 1 aromatic rings. The zero-order valence-electron chi connectivity index (χ0n) is 11.4. The number of rotatable bonds is 2. The van der Waals surface area contributed by atoms with Gasteiger partial charge in [0.1, 0.15) is 0 Å². The Morgan fingerprint density at radius 3 is 2.95 bits per heavy atom.